The normalized spacial score (nSPS) is 15.8. The lowest BCUT2D eigenvalue weighted by atomic mass is 9.94. The molecule has 1 heterocycles. The van der Waals surface area contributed by atoms with Crippen LogP contribution in [0, 0.1) is 11.7 Å². The first-order valence-corrected chi connectivity index (χ1v) is 6.59. The van der Waals surface area contributed by atoms with Crippen LogP contribution in [0.4, 0.5) is 10.1 Å². The molecule has 2 rings (SSSR count). The molecule has 0 saturated carbocycles. The average Bonchev–Trinajstić information content (AvgIpc) is 2.41. The second-order valence-electron chi connectivity index (χ2n) is 4.95. The maximum absolute atomic E-state index is 13.2. The van der Waals surface area contributed by atoms with Crippen molar-refractivity contribution in [2.45, 2.75) is 19.3 Å². The molecule has 0 aliphatic carbocycles. The highest BCUT2D eigenvalue weighted by Gasteiger charge is 2.17. The number of amides is 1. The topological polar surface area (TPSA) is 78.4 Å². The van der Waals surface area contributed by atoms with Crippen LogP contribution in [0.2, 0.25) is 0 Å². The molecule has 1 saturated heterocycles. The number of aromatic carboxylic acids is 1. The van der Waals surface area contributed by atoms with Crippen molar-refractivity contribution >= 4 is 17.6 Å². The number of benzene rings is 1. The van der Waals surface area contributed by atoms with Crippen molar-refractivity contribution in [3.63, 3.8) is 0 Å². The van der Waals surface area contributed by atoms with Crippen LogP contribution < -0.4 is 10.6 Å². The molecule has 5 nitrogen and oxygen atoms in total. The minimum absolute atomic E-state index is 0.167. The molecule has 0 spiro atoms. The largest absolute Gasteiger partial charge is 0.478 e. The van der Waals surface area contributed by atoms with Gasteiger partial charge in [-0.2, -0.15) is 0 Å². The van der Waals surface area contributed by atoms with Gasteiger partial charge in [0.15, 0.2) is 0 Å². The number of hydrogen-bond donors (Lipinski definition) is 3. The second-order valence-corrected chi connectivity index (χ2v) is 4.95. The van der Waals surface area contributed by atoms with Gasteiger partial charge in [-0.1, -0.05) is 0 Å². The molecule has 20 heavy (non-hydrogen) atoms. The van der Waals surface area contributed by atoms with E-state index in [1.807, 2.05) is 0 Å². The Morgan fingerprint density at radius 1 is 1.35 bits per heavy atom. The minimum atomic E-state index is -1.35. The number of carboxylic acid groups (broad SMARTS) is 1. The van der Waals surface area contributed by atoms with Gasteiger partial charge in [-0.3, -0.25) is 4.79 Å². The Hall–Kier alpha value is -1.95. The third-order valence-corrected chi connectivity index (χ3v) is 3.41. The quantitative estimate of drug-likeness (QED) is 0.786. The van der Waals surface area contributed by atoms with Gasteiger partial charge in [0, 0.05) is 12.1 Å². The molecular weight excluding hydrogens is 263 g/mol. The number of piperidine rings is 1. The van der Waals surface area contributed by atoms with E-state index in [0.29, 0.717) is 18.0 Å². The molecule has 3 N–H and O–H groups in total. The molecule has 0 radical (unpaired) electrons. The van der Waals surface area contributed by atoms with E-state index in [1.54, 1.807) is 0 Å². The number of rotatable bonds is 4. The third-order valence-electron chi connectivity index (χ3n) is 3.41. The van der Waals surface area contributed by atoms with E-state index in [2.05, 4.69) is 10.6 Å². The Bertz CT molecular complexity index is 513. The van der Waals surface area contributed by atoms with Crippen LogP contribution in [-0.4, -0.2) is 30.1 Å². The van der Waals surface area contributed by atoms with Crippen LogP contribution >= 0.6 is 0 Å². The van der Waals surface area contributed by atoms with E-state index in [0.717, 1.165) is 38.1 Å². The molecule has 1 fully saturated rings. The van der Waals surface area contributed by atoms with Gasteiger partial charge in [-0.25, -0.2) is 9.18 Å². The van der Waals surface area contributed by atoms with Crippen LogP contribution in [0.5, 0.6) is 0 Å². The van der Waals surface area contributed by atoms with E-state index in [-0.39, 0.29) is 5.91 Å². The third kappa shape index (κ3) is 3.77. The second kappa shape index (κ2) is 6.47. The number of halogens is 1. The van der Waals surface area contributed by atoms with Crippen molar-refractivity contribution in [1.29, 1.82) is 0 Å². The Morgan fingerprint density at radius 2 is 2.05 bits per heavy atom. The molecule has 0 unspecified atom stereocenters. The summed E-state index contributed by atoms with van der Waals surface area (Å²) in [6.45, 7) is 1.83. The number of carbonyl (C=O) groups is 2. The minimum Gasteiger partial charge on any atom is -0.478 e. The monoisotopic (exact) mass is 280 g/mol. The first-order chi connectivity index (χ1) is 9.56. The average molecular weight is 280 g/mol. The number of nitrogens with one attached hydrogen (secondary N) is 2. The standard InChI is InChI=1S/C14H17FN2O3/c15-12-2-1-10(8-11(12)14(19)20)17-13(18)7-9-3-5-16-6-4-9/h1-2,8-9,16H,3-7H2,(H,17,18)(H,19,20). The van der Waals surface area contributed by atoms with Gasteiger partial charge in [0.25, 0.3) is 0 Å². The van der Waals surface area contributed by atoms with Gasteiger partial charge in [0.05, 0.1) is 5.56 Å². The Morgan fingerprint density at radius 3 is 2.70 bits per heavy atom. The van der Waals surface area contributed by atoms with Gasteiger partial charge in [0.2, 0.25) is 5.91 Å². The van der Waals surface area contributed by atoms with Gasteiger partial charge in [-0.15, -0.1) is 0 Å². The summed E-state index contributed by atoms with van der Waals surface area (Å²) in [5.74, 6) is -1.98. The Kier molecular flexibility index (Phi) is 4.68. The summed E-state index contributed by atoms with van der Waals surface area (Å²) in [5.41, 5.74) is -0.132. The highest BCUT2D eigenvalue weighted by atomic mass is 19.1. The smallest absolute Gasteiger partial charge is 0.338 e. The zero-order valence-corrected chi connectivity index (χ0v) is 11.0. The summed E-state index contributed by atoms with van der Waals surface area (Å²) in [5, 5.41) is 14.7. The predicted octanol–water partition coefficient (Wildman–Crippen LogP) is 1.85. The van der Waals surface area contributed by atoms with Crippen molar-refractivity contribution in [1.82, 2.24) is 5.32 Å². The van der Waals surface area contributed by atoms with E-state index < -0.39 is 17.3 Å². The fraction of sp³-hybridized carbons (Fsp3) is 0.429. The van der Waals surface area contributed by atoms with Crippen LogP contribution in [-0.2, 0) is 4.79 Å². The van der Waals surface area contributed by atoms with Crippen LogP contribution in [0.25, 0.3) is 0 Å². The maximum Gasteiger partial charge on any atom is 0.338 e. The van der Waals surface area contributed by atoms with Crippen molar-refractivity contribution in [3.05, 3.63) is 29.6 Å². The lowest BCUT2D eigenvalue weighted by Gasteiger charge is -2.21. The maximum atomic E-state index is 13.2. The number of carbonyl (C=O) groups excluding carboxylic acids is 1. The van der Waals surface area contributed by atoms with Crippen molar-refractivity contribution < 1.29 is 19.1 Å². The van der Waals surface area contributed by atoms with Gasteiger partial charge in [0.1, 0.15) is 5.82 Å². The summed E-state index contributed by atoms with van der Waals surface area (Å²) in [7, 11) is 0. The molecule has 0 aromatic heterocycles. The molecule has 1 aromatic rings. The van der Waals surface area contributed by atoms with E-state index in [4.69, 9.17) is 5.11 Å². The highest BCUT2D eigenvalue weighted by molar-refractivity contribution is 5.94. The number of hydrogen-bond acceptors (Lipinski definition) is 3. The molecule has 1 aliphatic heterocycles. The molecule has 1 aromatic carbocycles. The molecule has 6 heteroatoms. The first kappa shape index (κ1) is 14.5. The summed E-state index contributed by atoms with van der Waals surface area (Å²) >= 11 is 0. The lowest BCUT2D eigenvalue weighted by molar-refractivity contribution is -0.117. The van der Waals surface area contributed by atoms with Crippen LogP contribution in [0.1, 0.15) is 29.6 Å². The van der Waals surface area contributed by atoms with Crippen LogP contribution in [0.15, 0.2) is 18.2 Å². The van der Waals surface area contributed by atoms with Gasteiger partial charge < -0.3 is 15.7 Å². The van der Waals surface area contributed by atoms with Gasteiger partial charge in [-0.05, 0) is 50.0 Å². The fourth-order valence-corrected chi connectivity index (χ4v) is 2.33. The molecule has 1 aliphatic rings. The summed E-state index contributed by atoms with van der Waals surface area (Å²) in [6.07, 6.45) is 2.32. The molecule has 1 amide bonds. The highest BCUT2D eigenvalue weighted by Crippen LogP contribution is 2.19. The lowest BCUT2D eigenvalue weighted by Crippen LogP contribution is -2.30. The fourth-order valence-electron chi connectivity index (χ4n) is 2.33. The number of anilines is 1. The molecular formula is C14H17FN2O3. The Balaban J connectivity index is 1.96. The Labute approximate surface area is 116 Å². The SMILES string of the molecule is O=C(CC1CCNCC1)Nc1ccc(F)c(C(=O)O)c1. The van der Waals surface area contributed by atoms with E-state index in [9.17, 15) is 14.0 Å². The molecule has 0 bridgehead atoms. The van der Waals surface area contributed by atoms with E-state index >= 15 is 0 Å². The number of carboxylic acids is 1. The van der Waals surface area contributed by atoms with Crippen LogP contribution in [0.3, 0.4) is 0 Å². The zero-order chi connectivity index (χ0) is 14.5. The first-order valence-electron chi connectivity index (χ1n) is 6.59. The van der Waals surface area contributed by atoms with Crippen molar-refractivity contribution in [3.8, 4) is 0 Å². The zero-order valence-electron chi connectivity index (χ0n) is 11.0. The molecule has 108 valence electrons. The van der Waals surface area contributed by atoms with Gasteiger partial charge >= 0.3 is 5.97 Å². The summed E-state index contributed by atoms with van der Waals surface area (Å²) in [6, 6.07) is 3.55. The van der Waals surface area contributed by atoms with Crippen molar-refractivity contribution in [2.75, 3.05) is 18.4 Å². The predicted molar refractivity (Wildman–Crippen MR) is 72.2 cm³/mol. The van der Waals surface area contributed by atoms with Crippen molar-refractivity contribution in [2.24, 2.45) is 5.92 Å². The van der Waals surface area contributed by atoms with E-state index in [1.165, 1.54) is 6.07 Å². The summed E-state index contributed by atoms with van der Waals surface area (Å²) < 4.78 is 13.2. The summed E-state index contributed by atoms with van der Waals surface area (Å²) in [4.78, 5) is 22.7. The molecule has 0 atom stereocenters.